The number of rotatable bonds is 5. The van der Waals surface area contributed by atoms with Crippen molar-refractivity contribution in [2.24, 2.45) is 0 Å². The first kappa shape index (κ1) is 13.5. The maximum absolute atomic E-state index is 11.7. The lowest BCUT2D eigenvalue weighted by Gasteiger charge is -2.07. The third-order valence-electron chi connectivity index (χ3n) is 2.13. The first-order chi connectivity index (χ1) is 8.58. The molecule has 2 aromatic rings. The summed E-state index contributed by atoms with van der Waals surface area (Å²) >= 11 is 2.18. The zero-order chi connectivity index (χ0) is 13.1. The number of fused-ring (bicyclic) bond motifs is 1. The summed E-state index contributed by atoms with van der Waals surface area (Å²) < 4.78 is 24.6. The fourth-order valence-electron chi connectivity index (χ4n) is 1.38. The van der Waals surface area contributed by atoms with Crippen molar-refractivity contribution in [3.8, 4) is 0 Å². The van der Waals surface area contributed by atoms with Gasteiger partial charge in [0, 0.05) is 24.0 Å². The molecular formula is C10H11BrN2O4S. The fourth-order valence-corrected chi connectivity index (χ4v) is 2.13. The minimum atomic E-state index is -1.05. The van der Waals surface area contributed by atoms with E-state index >= 15 is 0 Å². The van der Waals surface area contributed by atoms with Crippen molar-refractivity contribution >= 4 is 44.3 Å². The molecule has 2 rings (SSSR count). The van der Waals surface area contributed by atoms with E-state index in [1.807, 2.05) is 0 Å². The lowest BCUT2D eigenvalue weighted by atomic mass is 10.4. The Morgan fingerprint density at radius 1 is 1.44 bits per heavy atom. The third kappa shape index (κ3) is 3.08. The van der Waals surface area contributed by atoms with Crippen LogP contribution in [0, 0.1) is 0 Å². The molecule has 0 spiro atoms. The Labute approximate surface area is 114 Å². The Bertz CT molecular complexity index is 595. The predicted molar refractivity (Wildman–Crippen MR) is 73.0 cm³/mol. The molecule has 1 atom stereocenters. The molecule has 0 saturated heterocycles. The zero-order valence-corrected chi connectivity index (χ0v) is 11.9. The molecule has 6 nitrogen and oxygen atoms in total. The summed E-state index contributed by atoms with van der Waals surface area (Å²) in [5.41, 5.74) is 0.300. The van der Waals surface area contributed by atoms with Gasteiger partial charge in [0.2, 0.25) is 11.0 Å². The first-order valence-corrected chi connectivity index (χ1v) is 7.44. The van der Waals surface area contributed by atoms with Crippen molar-refractivity contribution in [1.29, 1.82) is 0 Å². The SMILES string of the molecule is C[S+]([O-])NCCNc1cc(=O)c2occ(Br)c2o1. The monoisotopic (exact) mass is 334 g/mol. The Morgan fingerprint density at radius 3 is 2.94 bits per heavy atom. The average molecular weight is 335 g/mol. The Balaban J connectivity index is 2.09. The molecule has 0 aromatic carbocycles. The van der Waals surface area contributed by atoms with Gasteiger partial charge >= 0.3 is 0 Å². The van der Waals surface area contributed by atoms with Crippen LogP contribution in [-0.2, 0) is 11.4 Å². The van der Waals surface area contributed by atoms with Gasteiger partial charge in [0.05, 0.1) is 11.0 Å². The Hall–Kier alpha value is -0.960. The van der Waals surface area contributed by atoms with E-state index in [1.165, 1.54) is 12.3 Å². The minimum absolute atomic E-state index is 0.181. The normalized spacial score (nSPS) is 12.8. The zero-order valence-electron chi connectivity index (χ0n) is 9.49. The van der Waals surface area contributed by atoms with Crippen molar-refractivity contribution in [2.45, 2.75) is 0 Å². The summed E-state index contributed by atoms with van der Waals surface area (Å²) in [6, 6.07) is 1.32. The number of hydrogen-bond acceptors (Lipinski definition) is 6. The lowest BCUT2D eigenvalue weighted by Crippen LogP contribution is -2.27. The highest BCUT2D eigenvalue weighted by Crippen LogP contribution is 2.25. The molecule has 2 N–H and O–H groups in total. The summed E-state index contributed by atoms with van der Waals surface area (Å²) in [5.74, 6) is 0.346. The fraction of sp³-hybridized carbons (Fsp3) is 0.300. The average Bonchev–Trinajstić information content (AvgIpc) is 2.67. The quantitative estimate of drug-likeness (QED) is 0.635. The lowest BCUT2D eigenvalue weighted by molar-refractivity contribution is 0.580. The summed E-state index contributed by atoms with van der Waals surface area (Å²) in [6.07, 6.45) is 2.95. The largest absolute Gasteiger partial charge is 0.598 e. The van der Waals surface area contributed by atoms with Crippen molar-refractivity contribution in [2.75, 3.05) is 24.7 Å². The van der Waals surface area contributed by atoms with Crippen LogP contribution in [0.3, 0.4) is 0 Å². The second kappa shape index (κ2) is 5.79. The summed E-state index contributed by atoms with van der Waals surface area (Å²) in [7, 11) is 0. The highest BCUT2D eigenvalue weighted by atomic mass is 79.9. The van der Waals surface area contributed by atoms with Crippen LogP contribution < -0.4 is 15.5 Å². The van der Waals surface area contributed by atoms with E-state index in [0.29, 0.717) is 29.0 Å². The van der Waals surface area contributed by atoms with Gasteiger partial charge in [-0.25, -0.2) is 0 Å². The number of hydrogen-bond donors (Lipinski definition) is 2. The van der Waals surface area contributed by atoms with Crippen LogP contribution in [0.25, 0.3) is 11.2 Å². The van der Waals surface area contributed by atoms with Gasteiger partial charge in [-0.3, -0.25) is 4.79 Å². The molecular weight excluding hydrogens is 324 g/mol. The molecule has 0 saturated carbocycles. The van der Waals surface area contributed by atoms with Gasteiger partial charge < -0.3 is 18.7 Å². The Morgan fingerprint density at radius 2 is 2.22 bits per heavy atom. The number of furan rings is 1. The summed E-state index contributed by atoms with van der Waals surface area (Å²) in [5, 5.41) is 2.92. The molecule has 0 aliphatic heterocycles. The molecule has 8 heteroatoms. The topological polar surface area (TPSA) is 90.5 Å². The van der Waals surface area contributed by atoms with Crippen LogP contribution in [0.4, 0.5) is 5.88 Å². The maximum atomic E-state index is 11.7. The molecule has 0 aliphatic carbocycles. The van der Waals surface area contributed by atoms with E-state index in [0.717, 1.165) is 0 Å². The smallest absolute Gasteiger partial charge is 0.230 e. The van der Waals surface area contributed by atoms with Gasteiger partial charge in [0.1, 0.15) is 12.5 Å². The molecule has 0 radical (unpaired) electrons. The van der Waals surface area contributed by atoms with Crippen LogP contribution in [0.5, 0.6) is 0 Å². The summed E-state index contributed by atoms with van der Waals surface area (Å²) in [4.78, 5) is 11.7. The molecule has 18 heavy (non-hydrogen) atoms. The number of nitrogens with one attached hydrogen (secondary N) is 2. The van der Waals surface area contributed by atoms with Crippen LogP contribution in [-0.4, -0.2) is 23.9 Å². The molecule has 98 valence electrons. The van der Waals surface area contributed by atoms with E-state index in [-0.39, 0.29) is 11.0 Å². The number of halogens is 1. The minimum Gasteiger partial charge on any atom is -0.598 e. The van der Waals surface area contributed by atoms with Crippen molar-refractivity contribution < 1.29 is 13.4 Å². The molecule has 1 unspecified atom stereocenters. The molecule has 0 bridgehead atoms. The molecule has 2 heterocycles. The third-order valence-corrected chi connectivity index (χ3v) is 3.29. The number of anilines is 1. The second-order valence-corrected chi connectivity index (χ2v) is 5.54. The van der Waals surface area contributed by atoms with E-state index in [9.17, 15) is 9.35 Å². The van der Waals surface area contributed by atoms with E-state index in [4.69, 9.17) is 8.83 Å². The summed E-state index contributed by atoms with van der Waals surface area (Å²) in [6.45, 7) is 0.987. The van der Waals surface area contributed by atoms with Crippen LogP contribution in [0.2, 0.25) is 0 Å². The highest BCUT2D eigenvalue weighted by Gasteiger charge is 2.11. The molecule has 0 fully saturated rings. The Kier molecular flexibility index (Phi) is 4.33. The van der Waals surface area contributed by atoms with Crippen molar-refractivity contribution in [3.05, 3.63) is 27.0 Å². The van der Waals surface area contributed by atoms with Gasteiger partial charge in [-0.1, -0.05) is 0 Å². The first-order valence-electron chi connectivity index (χ1n) is 5.09. The van der Waals surface area contributed by atoms with Gasteiger partial charge in [0.25, 0.3) is 0 Å². The standard InChI is InChI=1S/C10H11BrN2O4S/c1-18(15)13-3-2-12-8-4-7(14)10-9(17-8)6(11)5-16-10/h4-5,12-13H,2-3H2,1H3. The van der Waals surface area contributed by atoms with Gasteiger partial charge in [-0.15, -0.1) is 4.72 Å². The van der Waals surface area contributed by atoms with Crippen LogP contribution >= 0.6 is 15.9 Å². The molecule has 2 aromatic heterocycles. The highest BCUT2D eigenvalue weighted by molar-refractivity contribution is 9.10. The van der Waals surface area contributed by atoms with E-state index in [1.54, 1.807) is 6.26 Å². The van der Waals surface area contributed by atoms with Gasteiger partial charge in [-0.05, 0) is 15.9 Å². The molecule has 0 aliphatic rings. The molecule has 0 amide bonds. The van der Waals surface area contributed by atoms with Crippen LogP contribution in [0.15, 0.2) is 30.4 Å². The van der Waals surface area contributed by atoms with Crippen molar-refractivity contribution in [1.82, 2.24) is 4.72 Å². The van der Waals surface area contributed by atoms with Crippen molar-refractivity contribution in [3.63, 3.8) is 0 Å². The van der Waals surface area contributed by atoms with E-state index in [2.05, 4.69) is 26.0 Å². The predicted octanol–water partition coefficient (Wildman–Crippen LogP) is 1.44. The van der Waals surface area contributed by atoms with E-state index < -0.39 is 11.4 Å². The van der Waals surface area contributed by atoms with Crippen LogP contribution in [0.1, 0.15) is 0 Å². The van der Waals surface area contributed by atoms with Gasteiger partial charge in [-0.2, -0.15) is 0 Å². The maximum Gasteiger partial charge on any atom is 0.230 e. The second-order valence-electron chi connectivity index (χ2n) is 3.49. The van der Waals surface area contributed by atoms with Gasteiger partial charge in [0.15, 0.2) is 11.5 Å².